The lowest BCUT2D eigenvalue weighted by molar-refractivity contribution is -0.148. The number of piperidine rings is 1. The molecule has 0 bridgehead atoms. The normalized spacial score (nSPS) is 16.3. The van der Waals surface area contributed by atoms with E-state index in [2.05, 4.69) is 25.2 Å². The molecule has 1 fully saturated rings. The lowest BCUT2D eigenvalue weighted by Crippen LogP contribution is -2.39. The van der Waals surface area contributed by atoms with E-state index >= 15 is 0 Å². The molecule has 9 nitrogen and oxygen atoms in total. The van der Waals surface area contributed by atoms with Crippen molar-refractivity contribution in [2.75, 3.05) is 31.7 Å². The number of carbonyl (C=O) groups excluding carboxylic acids is 1. The van der Waals surface area contributed by atoms with Crippen LogP contribution < -0.4 is 9.64 Å². The lowest BCUT2D eigenvalue weighted by Gasteiger charge is -2.31. The Bertz CT molecular complexity index is 987. The van der Waals surface area contributed by atoms with Gasteiger partial charge in [-0.2, -0.15) is 4.98 Å². The van der Waals surface area contributed by atoms with Crippen molar-refractivity contribution < 1.29 is 18.8 Å². The second kappa shape index (κ2) is 8.89. The highest BCUT2D eigenvalue weighted by atomic mass is 16.5. The van der Waals surface area contributed by atoms with Gasteiger partial charge in [0.15, 0.2) is 11.5 Å². The van der Waals surface area contributed by atoms with Crippen LogP contribution >= 0.6 is 0 Å². The zero-order chi connectivity index (χ0) is 20.9. The van der Waals surface area contributed by atoms with E-state index in [-0.39, 0.29) is 11.9 Å². The summed E-state index contributed by atoms with van der Waals surface area (Å²) < 4.78 is 15.7. The van der Waals surface area contributed by atoms with Crippen molar-refractivity contribution in [1.29, 1.82) is 0 Å². The molecule has 1 aliphatic rings. The number of benzene rings is 1. The molecule has 9 heteroatoms. The van der Waals surface area contributed by atoms with Gasteiger partial charge in [0.05, 0.1) is 19.6 Å². The lowest BCUT2D eigenvalue weighted by atomic mass is 9.98. The zero-order valence-corrected chi connectivity index (χ0v) is 16.9. The van der Waals surface area contributed by atoms with Gasteiger partial charge in [0.2, 0.25) is 5.82 Å². The standard InChI is InChI=1S/C21H23N5O4/c1-3-29-21(27)15-5-4-12-26(13-15)18-11-10-17(23-24-18)20-22-19(25-30-20)14-6-8-16(28-2)9-7-14/h6-11,15H,3-5,12-13H2,1-2H3. The van der Waals surface area contributed by atoms with Crippen molar-refractivity contribution in [3.63, 3.8) is 0 Å². The summed E-state index contributed by atoms with van der Waals surface area (Å²) >= 11 is 0. The van der Waals surface area contributed by atoms with E-state index in [1.54, 1.807) is 13.2 Å². The highest BCUT2D eigenvalue weighted by Gasteiger charge is 2.27. The summed E-state index contributed by atoms with van der Waals surface area (Å²) in [4.78, 5) is 18.5. The Labute approximate surface area is 174 Å². The van der Waals surface area contributed by atoms with E-state index in [4.69, 9.17) is 14.0 Å². The van der Waals surface area contributed by atoms with Crippen molar-refractivity contribution in [2.24, 2.45) is 5.92 Å². The number of rotatable bonds is 6. The molecule has 0 amide bonds. The van der Waals surface area contributed by atoms with Crippen LogP contribution in [0.1, 0.15) is 19.8 Å². The molecule has 0 saturated carbocycles. The smallest absolute Gasteiger partial charge is 0.310 e. The minimum absolute atomic E-state index is 0.136. The Balaban J connectivity index is 1.46. The molecule has 0 radical (unpaired) electrons. The van der Waals surface area contributed by atoms with Crippen LogP contribution in [-0.4, -0.2) is 53.1 Å². The van der Waals surface area contributed by atoms with Crippen LogP contribution in [0.25, 0.3) is 23.0 Å². The van der Waals surface area contributed by atoms with Gasteiger partial charge >= 0.3 is 5.97 Å². The molecular weight excluding hydrogens is 386 g/mol. The molecular formula is C21H23N5O4. The first kappa shape index (κ1) is 19.8. The molecule has 0 N–H and O–H groups in total. The zero-order valence-electron chi connectivity index (χ0n) is 16.9. The Morgan fingerprint density at radius 2 is 2.03 bits per heavy atom. The summed E-state index contributed by atoms with van der Waals surface area (Å²) in [7, 11) is 1.62. The summed E-state index contributed by atoms with van der Waals surface area (Å²) in [6, 6.07) is 11.0. The minimum Gasteiger partial charge on any atom is -0.497 e. The average molecular weight is 409 g/mol. The summed E-state index contributed by atoms with van der Waals surface area (Å²) in [5.74, 6) is 1.94. The number of aromatic nitrogens is 4. The van der Waals surface area contributed by atoms with Gasteiger partial charge in [0.1, 0.15) is 5.75 Å². The largest absolute Gasteiger partial charge is 0.497 e. The molecule has 3 heterocycles. The summed E-state index contributed by atoms with van der Waals surface area (Å²) in [5, 5.41) is 12.6. The van der Waals surface area contributed by atoms with E-state index in [9.17, 15) is 4.79 Å². The Morgan fingerprint density at radius 3 is 2.73 bits per heavy atom. The van der Waals surface area contributed by atoms with Crippen LogP contribution in [0.5, 0.6) is 5.75 Å². The first-order valence-corrected chi connectivity index (χ1v) is 9.91. The highest BCUT2D eigenvalue weighted by Crippen LogP contribution is 2.25. The number of carbonyl (C=O) groups is 1. The summed E-state index contributed by atoms with van der Waals surface area (Å²) in [5.41, 5.74) is 1.30. The Kier molecular flexibility index (Phi) is 5.87. The number of hydrogen-bond donors (Lipinski definition) is 0. The third kappa shape index (κ3) is 4.24. The van der Waals surface area contributed by atoms with Crippen molar-refractivity contribution in [1.82, 2.24) is 20.3 Å². The second-order valence-electron chi connectivity index (χ2n) is 6.97. The molecule has 4 rings (SSSR count). The van der Waals surface area contributed by atoms with Crippen molar-refractivity contribution in [2.45, 2.75) is 19.8 Å². The highest BCUT2D eigenvalue weighted by molar-refractivity contribution is 5.73. The minimum atomic E-state index is -0.149. The van der Waals surface area contributed by atoms with E-state index in [1.165, 1.54) is 0 Å². The predicted molar refractivity (Wildman–Crippen MR) is 109 cm³/mol. The number of methoxy groups -OCH3 is 1. The Morgan fingerprint density at radius 1 is 1.20 bits per heavy atom. The summed E-state index contributed by atoms with van der Waals surface area (Å²) in [6.45, 7) is 3.62. The molecule has 1 unspecified atom stereocenters. The van der Waals surface area contributed by atoms with E-state index in [1.807, 2.05) is 37.3 Å². The number of anilines is 1. The monoisotopic (exact) mass is 409 g/mol. The molecule has 1 saturated heterocycles. The van der Waals surface area contributed by atoms with Gasteiger partial charge in [-0.05, 0) is 56.2 Å². The third-order valence-electron chi connectivity index (χ3n) is 5.01. The fourth-order valence-electron chi connectivity index (χ4n) is 3.43. The first-order valence-electron chi connectivity index (χ1n) is 9.91. The fourth-order valence-corrected chi connectivity index (χ4v) is 3.43. The maximum absolute atomic E-state index is 12.0. The number of esters is 1. The van der Waals surface area contributed by atoms with Gasteiger partial charge in [-0.1, -0.05) is 5.16 Å². The van der Waals surface area contributed by atoms with E-state index in [0.29, 0.717) is 36.4 Å². The molecule has 1 atom stereocenters. The molecule has 156 valence electrons. The van der Waals surface area contributed by atoms with Gasteiger partial charge < -0.3 is 18.9 Å². The summed E-state index contributed by atoms with van der Waals surface area (Å²) in [6.07, 6.45) is 1.73. The number of nitrogens with zero attached hydrogens (tertiary/aromatic N) is 5. The van der Waals surface area contributed by atoms with Crippen LogP contribution in [0.2, 0.25) is 0 Å². The van der Waals surface area contributed by atoms with E-state index in [0.717, 1.165) is 30.7 Å². The van der Waals surface area contributed by atoms with Gasteiger partial charge in [-0.15, -0.1) is 10.2 Å². The van der Waals surface area contributed by atoms with Gasteiger partial charge in [0, 0.05) is 18.7 Å². The number of ether oxygens (including phenoxy) is 2. The van der Waals surface area contributed by atoms with Gasteiger partial charge in [-0.25, -0.2) is 0 Å². The van der Waals surface area contributed by atoms with Crippen LogP contribution in [0.15, 0.2) is 40.9 Å². The molecule has 0 aliphatic carbocycles. The SMILES string of the molecule is CCOC(=O)C1CCCN(c2ccc(-c3nc(-c4ccc(OC)cc4)no3)nn2)C1. The molecule has 1 aliphatic heterocycles. The molecule has 0 spiro atoms. The van der Waals surface area contributed by atoms with Crippen molar-refractivity contribution in [3.05, 3.63) is 36.4 Å². The fraction of sp³-hybridized carbons (Fsp3) is 0.381. The third-order valence-corrected chi connectivity index (χ3v) is 5.01. The average Bonchev–Trinajstić information content (AvgIpc) is 3.30. The van der Waals surface area contributed by atoms with E-state index < -0.39 is 0 Å². The quantitative estimate of drug-likeness (QED) is 0.568. The molecule has 1 aromatic carbocycles. The first-order chi connectivity index (χ1) is 14.7. The van der Waals surface area contributed by atoms with Crippen LogP contribution in [0, 0.1) is 5.92 Å². The van der Waals surface area contributed by atoms with Crippen LogP contribution in [0.3, 0.4) is 0 Å². The predicted octanol–water partition coefficient (Wildman–Crippen LogP) is 2.98. The topological polar surface area (TPSA) is 103 Å². The van der Waals surface area contributed by atoms with Gasteiger partial charge in [0.25, 0.3) is 5.89 Å². The Hall–Kier alpha value is -3.49. The van der Waals surface area contributed by atoms with Crippen LogP contribution in [0.4, 0.5) is 5.82 Å². The second-order valence-corrected chi connectivity index (χ2v) is 6.97. The maximum atomic E-state index is 12.0. The van der Waals surface area contributed by atoms with Gasteiger partial charge in [-0.3, -0.25) is 4.79 Å². The van der Waals surface area contributed by atoms with Crippen molar-refractivity contribution >= 4 is 11.8 Å². The molecule has 2 aromatic heterocycles. The molecule has 30 heavy (non-hydrogen) atoms. The van der Waals surface area contributed by atoms with Crippen LogP contribution in [-0.2, 0) is 9.53 Å². The molecule has 3 aromatic rings. The van der Waals surface area contributed by atoms with Crippen molar-refractivity contribution in [3.8, 4) is 28.7 Å². The number of hydrogen-bond acceptors (Lipinski definition) is 9. The maximum Gasteiger partial charge on any atom is 0.310 e.